The first-order valence-electron chi connectivity index (χ1n) is 7.49. The van der Waals surface area contributed by atoms with Crippen LogP contribution in [0.1, 0.15) is 52.2 Å². The van der Waals surface area contributed by atoms with Crippen molar-refractivity contribution in [1.29, 1.82) is 0 Å². The number of anilines is 1. The van der Waals surface area contributed by atoms with Crippen LogP contribution in [0.4, 0.5) is 5.69 Å². The van der Waals surface area contributed by atoms with Crippen LogP contribution in [-0.2, 0) is 4.79 Å². The summed E-state index contributed by atoms with van der Waals surface area (Å²) in [7, 11) is 0. The molecular formula is C17H25NO3. The number of carbonyl (C=O) groups excluding carboxylic acids is 1. The first-order valence-corrected chi connectivity index (χ1v) is 7.49. The van der Waals surface area contributed by atoms with Crippen LogP contribution in [0, 0.1) is 11.3 Å². The highest BCUT2D eigenvalue weighted by Gasteiger charge is 2.21. The van der Waals surface area contributed by atoms with Crippen LogP contribution in [-0.4, -0.2) is 17.6 Å². The molecule has 4 heteroatoms. The third-order valence-corrected chi connectivity index (χ3v) is 3.61. The fourth-order valence-corrected chi connectivity index (χ4v) is 2.95. The Morgan fingerprint density at radius 2 is 2.10 bits per heavy atom. The molecular weight excluding hydrogens is 266 g/mol. The van der Waals surface area contributed by atoms with Crippen molar-refractivity contribution in [2.75, 3.05) is 11.9 Å². The smallest absolute Gasteiger partial charge is 0.262 e. The number of fused-ring (bicyclic) bond motifs is 1. The summed E-state index contributed by atoms with van der Waals surface area (Å²) in [5.41, 5.74) is 1.73. The summed E-state index contributed by atoms with van der Waals surface area (Å²) >= 11 is 0. The quantitative estimate of drug-likeness (QED) is 0.892. The van der Waals surface area contributed by atoms with Crippen molar-refractivity contribution in [2.45, 2.75) is 46.6 Å². The normalized spacial score (nSPS) is 17.5. The fraction of sp³-hybridized carbons (Fsp3) is 0.588. The van der Waals surface area contributed by atoms with E-state index in [4.69, 9.17) is 4.74 Å². The predicted octanol–water partition coefficient (Wildman–Crippen LogP) is 3.51. The average molecular weight is 291 g/mol. The van der Waals surface area contributed by atoms with Gasteiger partial charge in [0, 0.05) is 0 Å². The molecule has 0 saturated heterocycles. The molecule has 2 atom stereocenters. The fourth-order valence-electron chi connectivity index (χ4n) is 2.95. The maximum absolute atomic E-state index is 11.3. The van der Waals surface area contributed by atoms with E-state index in [9.17, 15) is 9.90 Å². The summed E-state index contributed by atoms with van der Waals surface area (Å²) in [6.07, 6.45) is 1.26. The van der Waals surface area contributed by atoms with E-state index in [1.807, 2.05) is 12.1 Å². The minimum atomic E-state index is -0.522. The van der Waals surface area contributed by atoms with E-state index >= 15 is 0 Å². The lowest BCUT2D eigenvalue weighted by Gasteiger charge is -2.25. The van der Waals surface area contributed by atoms with Gasteiger partial charge < -0.3 is 15.2 Å². The molecule has 21 heavy (non-hydrogen) atoms. The Hall–Kier alpha value is -1.55. The lowest BCUT2D eigenvalue weighted by atomic mass is 9.82. The second kappa shape index (κ2) is 6.06. The van der Waals surface area contributed by atoms with Gasteiger partial charge in [0.2, 0.25) is 0 Å². The molecule has 0 aromatic heterocycles. The van der Waals surface area contributed by atoms with Gasteiger partial charge in [0.05, 0.1) is 11.8 Å². The van der Waals surface area contributed by atoms with Gasteiger partial charge in [0.15, 0.2) is 6.61 Å². The molecule has 4 nitrogen and oxygen atoms in total. The third-order valence-electron chi connectivity index (χ3n) is 3.61. The number of aliphatic hydroxyl groups excluding tert-OH is 1. The van der Waals surface area contributed by atoms with Crippen LogP contribution in [0.2, 0.25) is 0 Å². The van der Waals surface area contributed by atoms with E-state index in [1.54, 1.807) is 6.07 Å². The molecule has 1 amide bonds. The summed E-state index contributed by atoms with van der Waals surface area (Å²) < 4.78 is 5.32. The Balaban J connectivity index is 2.04. The largest absolute Gasteiger partial charge is 0.482 e. The van der Waals surface area contributed by atoms with Crippen LogP contribution >= 0.6 is 0 Å². The first kappa shape index (κ1) is 15.8. The van der Waals surface area contributed by atoms with Gasteiger partial charge in [-0.15, -0.1) is 0 Å². The summed E-state index contributed by atoms with van der Waals surface area (Å²) in [6, 6.07) is 5.48. The molecule has 116 valence electrons. The van der Waals surface area contributed by atoms with Gasteiger partial charge in [-0.1, -0.05) is 33.8 Å². The van der Waals surface area contributed by atoms with Gasteiger partial charge >= 0.3 is 0 Å². The highest BCUT2D eigenvalue weighted by molar-refractivity contribution is 5.95. The van der Waals surface area contributed by atoms with Crippen LogP contribution in [0.5, 0.6) is 5.75 Å². The van der Waals surface area contributed by atoms with Gasteiger partial charge in [0.1, 0.15) is 5.75 Å². The maximum atomic E-state index is 11.3. The standard InChI is InChI=1S/C17H25NO3/c1-11(9-17(2,3)4)7-14(19)12-5-6-15-13(8-12)18-16(20)10-21-15/h5-6,8,11,14,19H,7,9-10H2,1-4H3,(H,18,20). The molecule has 0 fully saturated rings. The number of aliphatic hydroxyl groups is 1. The van der Waals surface area contributed by atoms with E-state index in [0.717, 1.165) is 12.0 Å². The molecule has 1 aliphatic heterocycles. The molecule has 0 spiro atoms. The highest BCUT2D eigenvalue weighted by Crippen LogP contribution is 2.34. The lowest BCUT2D eigenvalue weighted by Crippen LogP contribution is -2.25. The average Bonchev–Trinajstić information content (AvgIpc) is 2.35. The van der Waals surface area contributed by atoms with Gasteiger partial charge in [0.25, 0.3) is 5.91 Å². The summed E-state index contributed by atoms with van der Waals surface area (Å²) in [6.45, 7) is 8.85. The molecule has 0 radical (unpaired) electrons. The van der Waals surface area contributed by atoms with E-state index < -0.39 is 6.10 Å². The van der Waals surface area contributed by atoms with Crippen molar-refractivity contribution in [3.8, 4) is 5.75 Å². The van der Waals surface area contributed by atoms with E-state index in [-0.39, 0.29) is 17.9 Å². The molecule has 1 aromatic rings. The van der Waals surface area contributed by atoms with Crippen molar-refractivity contribution in [3.63, 3.8) is 0 Å². The summed E-state index contributed by atoms with van der Waals surface area (Å²) in [4.78, 5) is 11.3. The Labute approximate surface area is 126 Å². The number of benzene rings is 1. The first-order chi connectivity index (χ1) is 9.74. The second-order valence-electron chi connectivity index (χ2n) is 7.21. The Kier molecular flexibility index (Phi) is 4.57. The molecule has 2 N–H and O–H groups in total. The minimum Gasteiger partial charge on any atom is -0.482 e. The molecule has 1 aliphatic rings. The highest BCUT2D eigenvalue weighted by atomic mass is 16.5. The maximum Gasteiger partial charge on any atom is 0.262 e. The van der Waals surface area contributed by atoms with E-state index in [1.165, 1.54) is 0 Å². The van der Waals surface area contributed by atoms with Crippen molar-refractivity contribution >= 4 is 11.6 Å². The number of hydrogen-bond acceptors (Lipinski definition) is 3. The Morgan fingerprint density at radius 3 is 2.76 bits per heavy atom. The molecule has 2 rings (SSSR count). The van der Waals surface area contributed by atoms with Crippen molar-refractivity contribution in [3.05, 3.63) is 23.8 Å². The van der Waals surface area contributed by atoms with Crippen molar-refractivity contribution in [1.82, 2.24) is 0 Å². The summed E-state index contributed by atoms with van der Waals surface area (Å²) in [5.74, 6) is 0.936. The molecule has 0 saturated carbocycles. The number of rotatable bonds is 4. The molecule has 1 heterocycles. The second-order valence-corrected chi connectivity index (χ2v) is 7.21. The van der Waals surface area contributed by atoms with Crippen molar-refractivity contribution in [2.24, 2.45) is 11.3 Å². The number of amides is 1. The van der Waals surface area contributed by atoms with Gasteiger partial charge in [-0.25, -0.2) is 0 Å². The number of ether oxygens (including phenoxy) is 1. The van der Waals surface area contributed by atoms with Crippen LogP contribution in [0.3, 0.4) is 0 Å². The third kappa shape index (κ3) is 4.46. The Morgan fingerprint density at radius 1 is 1.38 bits per heavy atom. The Bertz CT molecular complexity index is 519. The van der Waals surface area contributed by atoms with Crippen molar-refractivity contribution < 1.29 is 14.6 Å². The molecule has 0 bridgehead atoms. The number of carbonyl (C=O) groups is 1. The topological polar surface area (TPSA) is 58.6 Å². The number of hydrogen-bond donors (Lipinski definition) is 2. The van der Waals surface area contributed by atoms with Gasteiger partial charge in [-0.2, -0.15) is 0 Å². The van der Waals surface area contributed by atoms with Crippen LogP contribution in [0.25, 0.3) is 0 Å². The monoisotopic (exact) mass is 291 g/mol. The minimum absolute atomic E-state index is 0.0531. The van der Waals surface area contributed by atoms with Gasteiger partial charge in [-0.05, 0) is 41.9 Å². The van der Waals surface area contributed by atoms with Crippen LogP contribution < -0.4 is 10.1 Å². The lowest BCUT2D eigenvalue weighted by molar-refractivity contribution is -0.118. The SMILES string of the molecule is CC(CC(O)c1ccc2c(c1)NC(=O)CO2)CC(C)(C)C. The van der Waals surface area contributed by atoms with Crippen LogP contribution in [0.15, 0.2) is 18.2 Å². The molecule has 0 aliphatic carbocycles. The van der Waals surface area contributed by atoms with E-state index in [2.05, 4.69) is 33.0 Å². The zero-order chi connectivity index (χ0) is 15.6. The summed E-state index contributed by atoms with van der Waals surface area (Å²) in [5, 5.41) is 13.2. The zero-order valence-corrected chi connectivity index (χ0v) is 13.3. The molecule has 2 unspecified atom stereocenters. The number of nitrogens with one attached hydrogen (secondary N) is 1. The zero-order valence-electron chi connectivity index (χ0n) is 13.3. The molecule has 1 aromatic carbocycles. The van der Waals surface area contributed by atoms with Gasteiger partial charge in [-0.3, -0.25) is 4.79 Å². The predicted molar refractivity (Wildman–Crippen MR) is 83.4 cm³/mol. The van der Waals surface area contributed by atoms with E-state index in [0.29, 0.717) is 23.8 Å².